The molecule has 0 unspecified atom stereocenters. The van der Waals surface area contributed by atoms with E-state index in [1.807, 2.05) is 7.05 Å². The van der Waals surface area contributed by atoms with Crippen LogP contribution in [0.4, 0.5) is 0 Å². The van der Waals surface area contributed by atoms with Crippen molar-refractivity contribution in [3.63, 3.8) is 0 Å². The van der Waals surface area contributed by atoms with E-state index in [1.54, 1.807) is 0 Å². The van der Waals surface area contributed by atoms with Crippen LogP contribution in [-0.4, -0.2) is 57.9 Å². The summed E-state index contributed by atoms with van der Waals surface area (Å²) in [5.74, 6) is 0.621. The summed E-state index contributed by atoms with van der Waals surface area (Å²) >= 11 is 0. The summed E-state index contributed by atoms with van der Waals surface area (Å²) < 4.78 is 29.7. The fraction of sp³-hybridized carbons (Fsp3) is 1.00. The molecule has 1 heterocycles. The molecule has 0 atom stereocenters. The van der Waals surface area contributed by atoms with Gasteiger partial charge in [0.2, 0.25) is 9.84 Å². The lowest BCUT2D eigenvalue weighted by Crippen LogP contribution is -2.54. The van der Waals surface area contributed by atoms with Crippen LogP contribution in [0, 0.1) is 0 Å². The number of morpholine rings is 1. The lowest BCUT2D eigenvalue weighted by molar-refractivity contribution is -0.905. The van der Waals surface area contributed by atoms with Crippen molar-refractivity contribution in [2.45, 2.75) is 26.2 Å². The molecule has 1 aliphatic rings. The molecule has 1 aliphatic heterocycles. The zero-order chi connectivity index (χ0) is 12.1. The van der Waals surface area contributed by atoms with Crippen LogP contribution in [0.1, 0.15) is 26.2 Å². The van der Waals surface area contributed by atoms with Gasteiger partial charge < -0.3 is 9.22 Å². The minimum Gasteiger partial charge on any atom is -0.370 e. The number of ether oxygens (including phenoxy) is 1. The highest BCUT2D eigenvalue weighted by Gasteiger charge is 2.30. The van der Waals surface area contributed by atoms with Gasteiger partial charge in [0.25, 0.3) is 0 Å². The number of rotatable bonds is 6. The standard InChI is InChI=1S/C11H24NO3S/c1-3-4-5-10-16(13,14)11-12(2)6-8-15-9-7-12/h3-11H2,1-2H3/q+1. The number of unbranched alkanes of at least 4 members (excludes halogenated alkanes) is 2. The third-order valence-corrected chi connectivity index (χ3v) is 5.05. The molecule has 5 heteroatoms. The Bertz CT molecular complexity index is 294. The summed E-state index contributed by atoms with van der Waals surface area (Å²) in [6.07, 6.45) is 2.87. The summed E-state index contributed by atoms with van der Waals surface area (Å²) in [5, 5.41) is 0. The molecule has 0 N–H and O–H groups in total. The summed E-state index contributed by atoms with van der Waals surface area (Å²) in [5.41, 5.74) is 0. The highest BCUT2D eigenvalue weighted by atomic mass is 32.2. The smallest absolute Gasteiger partial charge is 0.200 e. The van der Waals surface area contributed by atoms with Gasteiger partial charge >= 0.3 is 0 Å². The van der Waals surface area contributed by atoms with E-state index in [0.29, 0.717) is 23.4 Å². The number of hydrogen-bond acceptors (Lipinski definition) is 3. The Balaban J connectivity index is 2.44. The van der Waals surface area contributed by atoms with Crippen molar-refractivity contribution in [3.8, 4) is 0 Å². The van der Waals surface area contributed by atoms with Crippen molar-refractivity contribution in [1.29, 1.82) is 0 Å². The lowest BCUT2D eigenvalue weighted by atomic mass is 10.3. The van der Waals surface area contributed by atoms with Crippen molar-refractivity contribution in [3.05, 3.63) is 0 Å². The fourth-order valence-electron chi connectivity index (χ4n) is 2.02. The summed E-state index contributed by atoms with van der Waals surface area (Å²) in [4.78, 5) is 0. The minimum absolute atomic E-state index is 0.278. The molecule has 16 heavy (non-hydrogen) atoms. The number of quaternary nitrogens is 1. The van der Waals surface area contributed by atoms with Gasteiger partial charge in [0.1, 0.15) is 13.1 Å². The van der Waals surface area contributed by atoms with Crippen LogP contribution in [0.3, 0.4) is 0 Å². The van der Waals surface area contributed by atoms with Crippen molar-refractivity contribution in [2.24, 2.45) is 0 Å². The van der Waals surface area contributed by atoms with Crippen LogP contribution >= 0.6 is 0 Å². The van der Waals surface area contributed by atoms with Crippen molar-refractivity contribution in [2.75, 3.05) is 45.0 Å². The van der Waals surface area contributed by atoms with Gasteiger partial charge in [0.05, 0.1) is 26.0 Å². The number of sulfone groups is 1. The van der Waals surface area contributed by atoms with E-state index in [0.717, 1.165) is 32.4 Å². The van der Waals surface area contributed by atoms with E-state index in [1.165, 1.54) is 0 Å². The van der Waals surface area contributed by atoms with Gasteiger partial charge in [0.15, 0.2) is 5.88 Å². The molecule has 0 aromatic heterocycles. The first-order valence-corrected chi connectivity index (χ1v) is 7.91. The minimum atomic E-state index is -2.90. The molecular weight excluding hydrogens is 226 g/mol. The van der Waals surface area contributed by atoms with Crippen LogP contribution in [-0.2, 0) is 14.6 Å². The molecule has 0 spiro atoms. The number of nitrogens with zero attached hydrogens (tertiary/aromatic N) is 1. The first-order valence-electron chi connectivity index (χ1n) is 6.09. The maximum absolute atomic E-state index is 11.9. The molecule has 1 saturated heterocycles. The van der Waals surface area contributed by atoms with Crippen LogP contribution < -0.4 is 0 Å². The maximum atomic E-state index is 11.9. The molecule has 0 bridgehead atoms. The predicted octanol–water partition coefficient (Wildman–Crippen LogP) is 1.03. The van der Waals surface area contributed by atoms with E-state index in [2.05, 4.69) is 6.92 Å². The summed E-state index contributed by atoms with van der Waals surface area (Å²) in [7, 11) is -0.881. The van der Waals surface area contributed by atoms with Crippen LogP contribution in [0.25, 0.3) is 0 Å². The second-order valence-corrected chi connectivity index (χ2v) is 7.12. The topological polar surface area (TPSA) is 43.4 Å². The molecule has 96 valence electrons. The predicted molar refractivity (Wildman–Crippen MR) is 64.9 cm³/mol. The Morgan fingerprint density at radius 3 is 2.38 bits per heavy atom. The first kappa shape index (κ1) is 13.9. The van der Waals surface area contributed by atoms with Crippen molar-refractivity contribution < 1.29 is 17.6 Å². The van der Waals surface area contributed by atoms with Gasteiger partial charge in [-0.05, 0) is 6.42 Å². The largest absolute Gasteiger partial charge is 0.370 e. The Kier molecular flexibility index (Phi) is 5.21. The summed E-state index contributed by atoms with van der Waals surface area (Å²) in [6.45, 7) is 5.07. The van der Waals surface area contributed by atoms with E-state index < -0.39 is 9.84 Å². The molecule has 0 radical (unpaired) electrons. The SMILES string of the molecule is CCCCCS(=O)(=O)C[N+]1(C)CCOCC1. The van der Waals surface area contributed by atoms with Gasteiger partial charge in [-0.25, -0.2) is 8.42 Å². The normalized spacial score (nSPS) is 20.9. The lowest BCUT2D eigenvalue weighted by Gasteiger charge is -2.36. The monoisotopic (exact) mass is 250 g/mol. The van der Waals surface area contributed by atoms with Crippen LogP contribution in [0.15, 0.2) is 0 Å². The van der Waals surface area contributed by atoms with E-state index >= 15 is 0 Å². The van der Waals surface area contributed by atoms with Crippen LogP contribution in [0.2, 0.25) is 0 Å². The molecule has 0 amide bonds. The van der Waals surface area contributed by atoms with E-state index in [4.69, 9.17) is 4.74 Å². The van der Waals surface area contributed by atoms with E-state index in [9.17, 15) is 8.42 Å². The third-order valence-electron chi connectivity index (χ3n) is 3.12. The molecule has 1 fully saturated rings. The van der Waals surface area contributed by atoms with Crippen LogP contribution in [0.5, 0.6) is 0 Å². The molecule has 0 aliphatic carbocycles. The molecule has 0 aromatic rings. The van der Waals surface area contributed by atoms with Gasteiger partial charge in [-0.2, -0.15) is 0 Å². The Hall–Kier alpha value is -0.130. The number of likely N-dealkylation sites (N-methyl/N-ethyl adjacent to an activating group) is 1. The molecule has 0 saturated carbocycles. The zero-order valence-electron chi connectivity index (χ0n) is 10.4. The van der Waals surface area contributed by atoms with E-state index in [-0.39, 0.29) is 5.88 Å². The van der Waals surface area contributed by atoms with Crippen molar-refractivity contribution in [1.82, 2.24) is 0 Å². The van der Waals surface area contributed by atoms with Gasteiger partial charge in [-0.3, -0.25) is 0 Å². The average Bonchev–Trinajstić information content (AvgIpc) is 2.17. The highest BCUT2D eigenvalue weighted by molar-refractivity contribution is 7.91. The fourth-order valence-corrected chi connectivity index (χ4v) is 4.01. The highest BCUT2D eigenvalue weighted by Crippen LogP contribution is 2.12. The molecule has 0 aromatic carbocycles. The van der Waals surface area contributed by atoms with Crippen molar-refractivity contribution >= 4 is 9.84 Å². The zero-order valence-corrected chi connectivity index (χ0v) is 11.3. The molecule has 1 rings (SSSR count). The Morgan fingerprint density at radius 2 is 1.81 bits per heavy atom. The van der Waals surface area contributed by atoms with Gasteiger partial charge in [0, 0.05) is 0 Å². The third kappa shape index (κ3) is 4.80. The first-order chi connectivity index (χ1) is 7.47. The average molecular weight is 250 g/mol. The Labute approximate surface area is 99.1 Å². The number of hydrogen-bond donors (Lipinski definition) is 0. The summed E-state index contributed by atoms with van der Waals surface area (Å²) in [6, 6.07) is 0. The molecule has 4 nitrogen and oxygen atoms in total. The maximum Gasteiger partial charge on any atom is 0.200 e. The second-order valence-electron chi connectivity index (χ2n) is 4.96. The van der Waals surface area contributed by atoms with Gasteiger partial charge in [-0.15, -0.1) is 0 Å². The Morgan fingerprint density at radius 1 is 1.19 bits per heavy atom. The molecular formula is C11H24NO3S+. The second kappa shape index (κ2) is 5.98. The van der Waals surface area contributed by atoms with Gasteiger partial charge in [-0.1, -0.05) is 19.8 Å². The quantitative estimate of drug-likeness (QED) is 0.522.